The highest BCUT2D eigenvalue weighted by Gasteiger charge is 2.20. The van der Waals surface area contributed by atoms with Gasteiger partial charge in [0.1, 0.15) is 5.01 Å². The minimum atomic E-state index is 0.227. The summed E-state index contributed by atoms with van der Waals surface area (Å²) in [4.78, 5) is 4.88. The maximum atomic E-state index is 4.88. The van der Waals surface area contributed by atoms with Crippen LogP contribution in [0.4, 0.5) is 0 Å². The van der Waals surface area contributed by atoms with Crippen molar-refractivity contribution < 1.29 is 0 Å². The van der Waals surface area contributed by atoms with Crippen LogP contribution in [0.5, 0.6) is 0 Å². The molecule has 0 aliphatic heterocycles. The zero-order valence-electron chi connectivity index (χ0n) is 12.4. The van der Waals surface area contributed by atoms with Gasteiger partial charge in [-0.2, -0.15) is 0 Å². The van der Waals surface area contributed by atoms with Gasteiger partial charge in [0, 0.05) is 5.38 Å². The standard InChI is InChI=1S/C19H19NS/c1-14(2)17-13-21-19(20-17)18(15-9-5-3-6-10-15)16-11-7-4-8-12-16/h3-14,18H,1-2H3. The molecule has 2 heteroatoms. The van der Waals surface area contributed by atoms with E-state index in [2.05, 4.69) is 79.9 Å². The lowest BCUT2D eigenvalue weighted by Gasteiger charge is -2.15. The molecule has 0 aliphatic rings. The first kappa shape index (κ1) is 14.0. The summed E-state index contributed by atoms with van der Waals surface area (Å²) in [5, 5.41) is 3.37. The summed E-state index contributed by atoms with van der Waals surface area (Å²) in [6, 6.07) is 21.3. The van der Waals surface area contributed by atoms with Crippen LogP contribution in [-0.4, -0.2) is 4.98 Å². The minimum absolute atomic E-state index is 0.227. The molecule has 0 N–H and O–H groups in total. The Morgan fingerprint density at radius 3 is 1.76 bits per heavy atom. The Bertz CT molecular complexity index is 646. The molecular formula is C19H19NS. The highest BCUT2D eigenvalue weighted by Crippen LogP contribution is 2.34. The van der Waals surface area contributed by atoms with Gasteiger partial charge < -0.3 is 0 Å². The van der Waals surface area contributed by atoms with Crippen LogP contribution >= 0.6 is 11.3 Å². The average Bonchev–Trinajstić information content (AvgIpc) is 3.00. The number of rotatable bonds is 4. The smallest absolute Gasteiger partial charge is 0.105 e. The molecule has 3 rings (SSSR count). The van der Waals surface area contributed by atoms with Gasteiger partial charge in [-0.3, -0.25) is 0 Å². The first-order valence-electron chi connectivity index (χ1n) is 7.31. The number of hydrogen-bond acceptors (Lipinski definition) is 2. The Kier molecular flexibility index (Phi) is 4.16. The zero-order valence-corrected chi connectivity index (χ0v) is 13.2. The molecule has 2 aromatic carbocycles. The van der Waals surface area contributed by atoms with E-state index in [0.29, 0.717) is 5.92 Å². The van der Waals surface area contributed by atoms with Crippen molar-refractivity contribution in [1.82, 2.24) is 4.98 Å². The van der Waals surface area contributed by atoms with Crippen LogP contribution in [0.25, 0.3) is 0 Å². The molecule has 106 valence electrons. The van der Waals surface area contributed by atoms with E-state index in [1.54, 1.807) is 11.3 Å². The fraction of sp³-hybridized carbons (Fsp3) is 0.211. The second kappa shape index (κ2) is 6.23. The molecule has 0 saturated heterocycles. The van der Waals surface area contributed by atoms with E-state index in [1.807, 2.05) is 0 Å². The summed E-state index contributed by atoms with van der Waals surface area (Å²) < 4.78 is 0. The second-order valence-electron chi connectivity index (χ2n) is 5.52. The van der Waals surface area contributed by atoms with Gasteiger partial charge >= 0.3 is 0 Å². The molecule has 1 heterocycles. The lowest BCUT2D eigenvalue weighted by Crippen LogP contribution is -2.03. The third-order valence-electron chi connectivity index (χ3n) is 3.64. The molecule has 0 aliphatic carbocycles. The summed E-state index contributed by atoms with van der Waals surface area (Å²) in [6.07, 6.45) is 0. The van der Waals surface area contributed by atoms with Gasteiger partial charge in [-0.25, -0.2) is 4.98 Å². The summed E-state index contributed by atoms with van der Waals surface area (Å²) in [5.41, 5.74) is 3.79. The van der Waals surface area contributed by atoms with E-state index >= 15 is 0 Å². The Hall–Kier alpha value is -1.93. The number of aromatic nitrogens is 1. The third kappa shape index (κ3) is 3.06. The van der Waals surface area contributed by atoms with E-state index in [-0.39, 0.29) is 5.92 Å². The number of hydrogen-bond donors (Lipinski definition) is 0. The van der Waals surface area contributed by atoms with Crippen molar-refractivity contribution in [2.45, 2.75) is 25.7 Å². The Morgan fingerprint density at radius 2 is 1.33 bits per heavy atom. The molecule has 1 nitrogen and oxygen atoms in total. The normalized spacial score (nSPS) is 11.2. The first-order valence-corrected chi connectivity index (χ1v) is 8.19. The van der Waals surface area contributed by atoms with Gasteiger partial charge in [0.15, 0.2) is 0 Å². The summed E-state index contributed by atoms with van der Waals surface area (Å²) in [6.45, 7) is 4.39. The van der Waals surface area contributed by atoms with Gasteiger partial charge in [-0.15, -0.1) is 11.3 Å². The molecule has 3 aromatic rings. The van der Waals surface area contributed by atoms with Gasteiger partial charge in [0.2, 0.25) is 0 Å². The first-order chi connectivity index (χ1) is 10.3. The molecule has 0 radical (unpaired) electrons. The largest absolute Gasteiger partial charge is 0.245 e. The van der Waals surface area contributed by atoms with Crippen LogP contribution in [0.3, 0.4) is 0 Å². The number of benzene rings is 2. The highest BCUT2D eigenvalue weighted by molar-refractivity contribution is 7.09. The van der Waals surface area contributed by atoms with Gasteiger partial charge in [-0.1, -0.05) is 74.5 Å². The molecule has 0 amide bonds. The predicted octanol–water partition coefficient (Wildman–Crippen LogP) is 5.45. The number of thiazole rings is 1. The van der Waals surface area contributed by atoms with Gasteiger partial charge in [-0.05, 0) is 17.0 Å². The Balaban J connectivity index is 2.08. The van der Waals surface area contributed by atoms with Crippen molar-refractivity contribution in [3.63, 3.8) is 0 Å². The minimum Gasteiger partial charge on any atom is -0.245 e. The topological polar surface area (TPSA) is 12.9 Å². The third-order valence-corrected chi connectivity index (χ3v) is 4.57. The van der Waals surface area contributed by atoms with Crippen molar-refractivity contribution in [1.29, 1.82) is 0 Å². The molecule has 0 atom stereocenters. The summed E-state index contributed by atoms with van der Waals surface area (Å²) in [5.74, 6) is 0.701. The number of nitrogens with zero attached hydrogens (tertiary/aromatic N) is 1. The molecule has 0 spiro atoms. The predicted molar refractivity (Wildman–Crippen MR) is 90.0 cm³/mol. The van der Waals surface area contributed by atoms with Gasteiger partial charge in [0.05, 0.1) is 11.6 Å². The van der Waals surface area contributed by atoms with Crippen LogP contribution in [0.15, 0.2) is 66.0 Å². The maximum absolute atomic E-state index is 4.88. The van der Waals surface area contributed by atoms with Crippen molar-refractivity contribution in [2.24, 2.45) is 0 Å². The van der Waals surface area contributed by atoms with Crippen molar-refractivity contribution in [2.75, 3.05) is 0 Å². The van der Waals surface area contributed by atoms with Crippen LogP contribution in [0.1, 0.15) is 47.5 Å². The summed E-state index contributed by atoms with van der Waals surface area (Å²) in [7, 11) is 0. The Morgan fingerprint density at radius 1 is 0.810 bits per heavy atom. The fourth-order valence-corrected chi connectivity index (χ4v) is 3.60. The molecule has 0 bridgehead atoms. The van der Waals surface area contributed by atoms with Crippen LogP contribution in [0.2, 0.25) is 0 Å². The molecule has 1 aromatic heterocycles. The molecular weight excluding hydrogens is 274 g/mol. The van der Waals surface area contributed by atoms with E-state index in [4.69, 9.17) is 4.98 Å². The lowest BCUT2D eigenvalue weighted by atomic mass is 9.92. The van der Waals surface area contributed by atoms with Crippen LogP contribution in [-0.2, 0) is 0 Å². The summed E-state index contributed by atoms with van der Waals surface area (Å²) >= 11 is 1.76. The lowest BCUT2D eigenvalue weighted by molar-refractivity contribution is 0.815. The Labute approximate surface area is 130 Å². The maximum Gasteiger partial charge on any atom is 0.105 e. The monoisotopic (exact) mass is 293 g/mol. The zero-order chi connectivity index (χ0) is 14.7. The van der Waals surface area contributed by atoms with E-state index < -0.39 is 0 Å². The quantitative estimate of drug-likeness (QED) is 0.623. The van der Waals surface area contributed by atoms with Crippen molar-refractivity contribution >= 4 is 11.3 Å². The van der Waals surface area contributed by atoms with Crippen LogP contribution < -0.4 is 0 Å². The van der Waals surface area contributed by atoms with Crippen molar-refractivity contribution in [3.8, 4) is 0 Å². The molecule has 0 fully saturated rings. The molecule has 0 unspecified atom stereocenters. The van der Waals surface area contributed by atoms with Crippen molar-refractivity contribution in [3.05, 3.63) is 87.9 Å². The average molecular weight is 293 g/mol. The highest BCUT2D eigenvalue weighted by atomic mass is 32.1. The van der Waals surface area contributed by atoms with E-state index in [9.17, 15) is 0 Å². The van der Waals surface area contributed by atoms with Gasteiger partial charge in [0.25, 0.3) is 0 Å². The van der Waals surface area contributed by atoms with E-state index in [0.717, 1.165) is 0 Å². The fourth-order valence-electron chi connectivity index (χ4n) is 2.47. The second-order valence-corrected chi connectivity index (χ2v) is 6.41. The molecule has 0 saturated carbocycles. The molecule has 21 heavy (non-hydrogen) atoms. The van der Waals surface area contributed by atoms with Crippen LogP contribution in [0, 0.1) is 0 Å². The van der Waals surface area contributed by atoms with E-state index in [1.165, 1.54) is 21.8 Å². The SMILES string of the molecule is CC(C)c1csc(C(c2ccccc2)c2ccccc2)n1.